The van der Waals surface area contributed by atoms with Crippen LogP contribution < -0.4 is 0 Å². The van der Waals surface area contributed by atoms with Gasteiger partial charge < -0.3 is 9.40 Å². The number of nitrogens with one attached hydrogen (secondary N) is 1. The lowest BCUT2D eigenvalue weighted by Crippen LogP contribution is -1.83. The summed E-state index contributed by atoms with van der Waals surface area (Å²) in [6, 6.07) is 1.97. The summed E-state index contributed by atoms with van der Waals surface area (Å²) in [6.07, 6.45) is 0. The molecule has 0 aliphatic heterocycles. The molecule has 4 heteroatoms. The molecule has 0 bridgehead atoms. The molecule has 2 aromatic rings. The number of benzene rings is 1. The Morgan fingerprint density at radius 3 is 2.85 bits per heavy atom. The summed E-state index contributed by atoms with van der Waals surface area (Å²) in [6.45, 7) is 4.06. The molecule has 2 rings (SSSR count). The van der Waals surface area contributed by atoms with Crippen molar-refractivity contribution in [3.8, 4) is 0 Å². The minimum atomic E-state index is 0.426. The van der Waals surface area contributed by atoms with Crippen molar-refractivity contribution >= 4 is 39.2 Å². The van der Waals surface area contributed by atoms with Crippen LogP contribution in [0.1, 0.15) is 11.1 Å². The fourth-order valence-electron chi connectivity index (χ4n) is 1.39. The Balaban J connectivity index is 3.00. The Morgan fingerprint density at radius 2 is 2.15 bits per heavy atom. The summed E-state index contributed by atoms with van der Waals surface area (Å²) < 4.78 is 6.43. The molecule has 0 atom stereocenters. The van der Waals surface area contributed by atoms with Gasteiger partial charge in [0.15, 0.2) is 5.58 Å². The molecular formula is C9H8BrNOS. The van der Waals surface area contributed by atoms with Crippen molar-refractivity contribution in [1.29, 1.82) is 0 Å². The molecule has 0 unspecified atom stereocenters. The summed E-state index contributed by atoms with van der Waals surface area (Å²) in [5.74, 6) is 0. The van der Waals surface area contributed by atoms with Gasteiger partial charge in [-0.25, -0.2) is 0 Å². The molecule has 0 saturated carbocycles. The summed E-state index contributed by atoms with van der Waals surface area (Å²) >= 11 is 8.44. The predicted octanol–water partition coefficient (Wildman–Crippen LogP) is 3.87. The maximum atomic E-state index is 5.32. The number of aromatic amines is 1. The van der Waals surface area contributed by atoms with Gasteiger partial charge in [-0.3, -0.25) is 0 Å². The van der Waals surface area contributed by atoms with E-state index >= 15 is 0 Å². The van der Waals surface area contributed by atoms with E-state index in [1.807, 2.05) is 19.9 Å². The average molecular weight is 258 g/mol. The molecule has 0 radical (unpaired) electrons. The normalized spacial score (nSPS) is 11.0. The molecule has 13 heavy (non-hydrogen) atoms. The minimum Gasteiger partial charge on any atom is -0.429 e. The maximum absolute atomic E-state index is 5.32. The van der Waals surface area contributed by atoms with Gasteiger partial charge in [-0.2, -0.15) is 0 Å². The van der Waals surface area contributed by atoms with Gasteiger partial charge in [0.25, 0.3) is 4.84 Å². The average Bonchev–Trinajstić information content (AvgIpc) is 2.42. The summed E-state index contributed by atoms with van der Waals surface area (Å²) in [5.41, 5.74) is 4.09. The molecule has 2 nitrogen and oxygen atoms in total. The highest BCUT2D eigenvalue weighted by Gasteiger charge is 2.08. The van der Waals surface area contributed by atoms with Crippen LogP contribution in [0.25, 0.3) is 11.1 Å². The van der Waals surface area contributed by atoms with Crippen molar-refractivity contribution in [2.45, 2.75) is 13.8 Å². The summed E-state index contributed by atoms with van der Waals surface area (Å²) in [5, 5.41) is 0. The van der Waals surface area contributed by atoms with Crippen molar-refractivity contribution in [3.63, 3.8) is 0 Å². The van der Waals surface area contributed by atoms with E-state index in [0.717, 1.165) is 26.7 Å². The SMILES string of the molecule is Cc1cc2oc(=S)[nH]c2c(C)c1Br. The van der Waals surface area contributed by atoms with E-state index in [4.69, 9.17) is 16.6 Å². The van der Waals surface area contributed by atoms with Gasteiger partial charge >= 0.3 is 0 Å². The fraction of sp³-hybridized carbons (Fsp3) is 0.222. The van der Waals surface area contributed by atoms with E-state index in [2.05, 4.69) is 20.9 Å². The number of hydrogen-bond acceptors (Lipinski definition) is 2. The number of halogens is 1. The monoisotopic (exact) mass is 257 g/mol. The Morgan fingerprint density at radius 1 is 1.46 bits per heavy atom. The van der Waals surface area contributed by atoms with Crippen LogP contribution in [0.5, 0.6) is 0 Å². The third kappa shape index (κ3) is 1.34. The van der Waals surface area contributed by atoms with Gasteiger partial charge in [0.05, 0.1) is 5.52 Å². The summed E-state index contributed by atoms with van der Waals surface area (Å²) in [4.78, 5) is 3.44. The highest BCUT2D eigenvalue weighted by molar-refractivity contribution is 9.10. The predicted molar refractivity (Wildman–Crippen MR) is 58.6 cm³/mol. The van der Waals surface area contributed by atoms with Crippen molar-refractivity contribution in [3.05, 3.63) is 26.5 Å². The zero-order chi connectivity index (χ0) is 9.59. The molecule has 0 aliphatic rings. The second-order valence-electron chi connectivity index (χ2n) is 3.02. The van der Waals surface area contributed by atoms with Crippen molar-refractivity contribution < 1.29 is 4.42 Å². The third-order valence-electron chi connectivity index (χ3n) is 2.07. The van der Waals surface area contributed by atoms with Crippen LogP contribution in [0.15, 0.2) is 15.0 Å². The zero-order valence-corrected chi connectivity index (χ0v) is 9.67. The van der Waals surface area contributed by atoms with E-state index in [1.54, 1.807) is 0 Å². The first-order chi connectivity index (χ1) is 6.09. The largest absolute Gasteiger partial charge is 0.429 e. The van der Waals surface area contributed by atoms with Crippen molar-refractivity contribution in [1.82, 2.24) is 4.98 Å². The molecule has 0 amide bonds. The first-order valence-electron chi connectivity index (χ1n) is 3.88. The van der Waals surface area contributed by atoms with Gasteiger partial charge in [0, 0.05) is 4.47 Å². The number of hydrogen-bond donors (Lipinski definition) is 1. The van der Waals surface area contributed by atoms with Crippen molar-refractivity contribution in [2.75, 3.05) is 0 Å². The van der Waals surface area contributed by atoms with E-state index < -0.39 is 0 Å². The van der Waals surface area contributed by atoms with Gasteiger partial charge in [0.2, 0.25) is 0 Å². The van der Waals surface area contributed by atoms with Crippen LogP contribution in [-0.2, 0) is 0 Å². The van der Waals surface area contributed by atoms with E-state index in [-0.39, 0.29) is 0 Å². The Bertz CT molecular complexity index is 526. The van der Waals surface area contributed by atoms with Crippen LogP contribution in [0.4, 0.5) is 0 Å². The van der Waals surface area contributed by atoms with Crippen LogP contribution >= 0.6 is 28.1 Å². The molecule has 0 aliphatic carbocycles. The standard InChI is InChI=1S/C9H8BrNOS/c1-4-3-6-8(5(2)7(4)10)11-9(13)12-6/h3H,1-2H3,(H,11,13). The maximum Gasteiger partial charge on any atom is 0.266 e. The minimum absolute atomic E-state index is 0.426. The van der Waals surface area contributed by atoms with Crippen LogP contribution in [0.3, 0.4) is 0 Å². The van der Waals surface area contributed by atoms with Crippen molar-refractivity contribution in [2.24, 2.45) is 0 Å². The number of H-pyrrole nitrogens is 1. The topological polar surface area (TPSA) is 28.9 Å². The molecular weight excluding hydrogens is 250 g/mol. The first kappa shape index (κ1) is 8.97. The Labute approximate surface area is 89.1 Å². The molecule has 1 aromatic carbocycles. The van der Waals surface area contributed by atoms with E-state index in [9.17, 15) is 0 Å². The quantitative estimate of drug-likeness (QED) is 0.726. The lowest BCUT2D eigenvalue weighted by molar-refractivity contribution is 0.583. The molecule has 1 aromatic heterocycles. The van der Waals surface area contributed by atoms with E-state index in [0.29, 0.717) is 4.84 Å². The smallest absolute Gasteiger partial charge is 0.266 e. The summed E-state index contributed by atoms with van der Waals surface area (Å²) in [7, 11) is 0. The van der Waals surface area contributed by atoms with Crippen LogP contribution in [-0.4, -0.2) is 4.98 Å². The van der Waals surface area contributed by atoms with Gasteiger partial charge in [-0.05, 0) is 43.3 Å². The zero-order valence-electron chi connectivity index (χ0n) is 7.27. The molecule has 0 saturated heterocycles. The highest BCUT2D eigenvalue weighted by Crippen LogP contribution is 2.28. The first-order valence-corrected chi connectivity index (χ1v) is 5.08. The number of fused-ring (bicyclic) bond motifs is 1. The molecule has 0 fully saturated rings. The number of rotatable bonds is 0. The van der Waals surface area contributed by atoms with Crippen LogP contribution in [0.2, 0.25) is 0 Å². The fourth-order valence-corrected chi connectivity index (χ4v) is 1.89. The number of aromatic nitrogens is 1. The van der Waals surface area contributed by atoms with Crippen LogP contribution in [0, 0.1) is 18.7 Å². The van der Waals surface area contributed by atoms with Gasteiger partial charge in [0.1, 0.15) is 0 Å². The Kier molecular flexibility index (Phi) is 2.04. The van der Waals surface area contributed by atoms with Gasteiger partial charge in [-0.15, -0.1) is 0 Å². The second-order valence-corrected chi connectivity index (χ2v) is 4.18. The lowest BCUT2D eigenvalue weighted by atomic mass is 10.1. The van der Waals surface area contributed by atoms with Gasteiger partial charge in [-0.1, -0.05) is 15.9 Å². The molecule has 1 heterocycles. The Hall–Kier alpha value is -0.610. The molecule has 0 spiro atoms. The lowest BCUT2D eigenvalue weighted by Gasteiger charge is -2.01. The third-order valence-corrected chi connectivity index (χ3v) is 3.48. The molecule has 1 N–H and O–H groups in total. The molecule has 68 valence electrons. The number of oxazole rings is 1. The van der Waals surface area contributed by atoms with E-state index in [1.165, 1.54) is 0 Å². The number of aryl methyl sites for hydroxylation is 2. The highest BCUT2D eigenvalue weighted by atomic mass is 79.9. The second kappa shape index (κ2) is 2.96.